The number of carboxylic acid groups (broad SMARTS) is 2. The topological polar surface area (TPSA) is 119 Å². The van der Waals surface area contributed by atoms with Crippen molar-refractivity contribution in [2.45, 2.75) is 19.5 Å². The van der Waals surface area contributed by atoms with Crippen LogP contribution in [0.25, 0.3) is 54.7 Å². The minimum atomic E-state index is -1.10. The van der Waals surface area contributed by atoms with Crippen molar-refractivity contribution in [2.75, 3.05) is 0 Å². The second-order valence-corrected chi connectivity index (χ2v) is 11.3. The molecule has 0 saturated heterocycles. The summed E-state index contributed by atoms with van der Waals surface area (Å²) in [7, 11) is 0. The van der Waals surface area contributed by atoms with Crippen LogP contribution in [-0.4, -0.2) is 31.3 Å². The Morgan fingerprint density at radius 2 is 1.37 bits per heavy atom. The fourth-order valence-corrected chi connectivity index (χ4v) is 6.16. The normalized spacial score (nSPS) is 12.4. The van der Waals surface area contributed by atoms with Gasteiger partial charge in [0.1, 0.15) is 12.6 Å². The zero-order chi connectivity index (χ0) is 29.2. The third-order valence-corrected chi connectivity index (χ3v) is 9.00. The van der Waals surface area contributed by atoms with Gasteiger partial charge in [-0.2, -0.15) is 0 Å². The summed E-state index contributed by atoms with van der Waals surface area (Å²) in [5.41, 5.74) is 2.50. The minimum Gasteiger partial charge on any atom is -0.480 e. The van der Waals surface area contributed by atoms with E-state index in [1.165, 1.54) is 4.57 Å². The average molecular weight is 679 g/mol. The van der Waals surface area contributed by atoms with Crippen molar-refractivity contribution in [3.05, 3.63) is 102 Å². The molecule has 2 N–H and O–H groups in total. The lowest BCUT2D eigenvalue weighted by molar-refractivity contribution is -0.140. The number of halogens is 2. The number of aliphatic carboxylic acids is 2. The number of aromatic nitrogens is 2. The number of nitrogens with zero attached hydrogens (tertiary/aromatic N) is 2. The van der Waals surface area contributed by atoms with Gasteiger partial charge in [0, 0.05) is 25.1 Å². The average Bonchev–Trinajstić information content (AvgIpc) is 2.96. The van der Waals surface area contributed by atoms with E-state index in [2.05, 4.69) is 0 Å². The highest BCUT2D eigenvalue weighted by atomic mass is 127. The van der Waals surface area contributed by atoms with Crippen molar-refractivity contribution in [2.24, 2.45) is 0 Å². The first-order chi connectivity index (χ1) is 19.6. The van der Waals surface area contributed by atoms with Crippen molar-refractivity contribution in [3.63, 3.8) is 0 Å². The van der Waals surface area contributed by atoms with Gasteiger partial charge in [-0.15, -0.1) is 0 Å². The predicted molar refractivity (Wildman–Crippen MR) is 168 cm³/mol. The van der Waals surface area contributed by atoms with Gasteiger partial charge in [0.15, 0.2) is 10.9 Å². The first-order valence-electron chi connectivity index (χ1n) is 12.5. The zero-order valence-corrected chi connectivity index (χ0v) is 24.3. The SMILES string of the molecule is CC(C(=O)O)n1c2ccccc2c(=O)c2ccc(-c3ccc4c(=O)c5ccc(I)c(Cl)c5n(CC(=O)O)c4c3)cc21. The summed E-state index contributed by atoms with van der Waals surface area (Å²) in [6, 6.07) is 19.6. The second-order valence-electron chi connectivity index (χ2n) is 9.76. The van der Waals surface area contributed by atoms with Crippen LogP contribution in [0.15, 0.2) is 82.4 Å². The van der Waals surface area contributed by atoms with E-state index in [9.17, 15) is 29.4 Å². The summed E-state index contributed by atoms with van der Waals surface area (Å²) in [4.78, 5) is 50.8. The standard InChI is InChI=1S/C31H20ClIN2O6/c1-15(31(40)41)35-23-5-3-2-4-18(23)29(38)20-9-7-17(13-25(20)35)16-6-8-19-24(12-16)34(14-26(36)37)28-21(30(19)39)10-11-22(33)27(28)32/h2-13,15H,14H2,1H3,(H,36,37)(H,40,41). The van der Waals surface area contributed by atoms with Gasteiger partial charge in [-0.25, -0.2) is 4.79 Å². The number of fused-ring (bicyclic) bond motifs is 4. The summed E-state index contributed by atoms with van der Waals surface area (Å²) in [6.45, 7) is 1.14. The maximum absolute atomic E-state index is 13.4. The van der Waals surface area contributed by atoms with Gasteiger partial charge in [0.2, 0.25) is 0 Å². The Hall–Kier alpha value is -4.22. The van der Waals surface area contributed by atoms with Gasteiger partial charge < -0.3 is 19.3 Å². The molecule has 0 bridgehead atoms. The van der Waals surface area contributed by atoms with Crippen molar-refractivity contribution >= 4 is 89.7 Å². The van der Waals surface area contributed by atoms with E-state index in [1.54, 1.807) is 84.3 Å². The van der Waals surface area contributed by atoms with Crippen molar-refractivity contribution in [1.82, 2.24) is 9.13 Å². The van der Waals surface area contributed by atoms with Gasteiger partial charge >= 0.3 is 11.9 Å². The number of benzene rings is 4. The lowest BCUT2D eigenvalue weighted by Crippen LogP contribution is -2.20. The molecule has 0 fully saturated rings. The summed E-state index contributed by atoms with van der Waals surface area (Å²) in [5, 5.41) is 21.4. The summed E-state index contributed by atoms with van der Waals surface area (Å²) in [6.07, 6.45) is 0. The Morgan fingerprint density at radius 3 is 2.02 bits per heavy atom. The number of para-hydroxylation sites is 1. The highest BCUT2D eigenvalue weighted by Gasteiger charge is 2.21. The van der Waals surface area contributed by atoms with E-state index >= 15 is 0 Å². The van der Waals surface area contributed by atoms with E-state index in [4.69, 9.17) is 11.6 Å². The summed E-state index contributed by atoms with van der Waals surface area (Å²) < 4.78 is 3.84. The molecule has 8 nitrogen and oxygen atoms in total. The number of carbonyl (C=O) groups is 2. The molecule has 0 aliphatic carbocycles. The van der Waals surface area contributed by atoms with E-state index in [0.29, 0.717) is 58.3 Å². The molecule has 6 rings (SSSR count). The third kappa shape index (κ3) is 4.27. The summed E-state index contributed by atoms with van der Waals surface area (Å²) >= 11 is 8.64. The number of rotatable bonds is 5. The lowest BCUT2D eigenvalue weighted by Gasteiger charge is -2.20. The van der Waals surface area contributed by atoms with E-state index in [1.807, 2.05) is 22.6 Å². The third-order valence-electron chi connectivity index (χ3n) is 7.40. The quantitative estimate of drug-likeness (QED) is 0.164. The fourth-order valence-electron chi connectivity index (χ4n) is 5.46. The minimum absolute atomic E-state index is 0.208. The van der Waals surface area contributed by atoms with Crippen molar-refractivity contribution < 1.29 is 19.8 Å². The molecular weight excluding hydrogens is 659 g/mol. The van der Waals surface area contributed by atoms with Crippen LogP contribution in [0.4, 0.5) is 0 Å². The molecule has 0 aliphatic heterocycles. The monoisotopic (exact) mass is 678 g/mol. The highest BCUT2D eigenvalue weighted by molar-refractivity contribution is 14.1. The maximum atomic E-state index is 13.4. The van der Waals surface area contributed by atoms with Crippen molar-refractivity contribution in [3.8, 4) is 11.1 Å². The van der Waals surface area contributed by atoms with Crippen LogP contribution >= 0.6 is 34.2 Å². The van der Waals surface area contributed by atoms with Gasteiger partial charge in [-0.3, -0.25) is 14.4 Å². The lowest BCUT2D eigenvalue weighted by atomic mass is 9.99. The van der Waals surface area contributed by atoms with Crippen LogP contribution in [-0.2, 0) is 16.1 Å². The van der Waals surface area contributed by atoms with E-state index in [0.717, 1.165) is 0 Å². The first-order valence-corrected chi connectivity index (χ1v) is 14.0. The smallest absolute Gasteiger partial charge is 0.326 e. The van der Waals surface area contributed by atoms with Gasteiger partial charge in [0.05, 0.1) is 27.1 Å². The molecule has 0 saturated carbocycles. The Bertz CT molecular complexity index is 2240. The molecule has 4 aromatic carbocycles. The molecule has 6 aromatic rings. The van der Waals surface area contributed by atoms with Gasteiger partial charge in [-0.05, 0) is 89.2 Å². The molecule has 1 atom stereocenters. The number of carboxylic acids is 2. The molecule has 2 aromatic heterocycles. The molecule has 0 amide bonds. The van der Waals surface area contributed by atoms with Crippen LogP contribution in [0.5, 0.6) is 0 Å². The molecule has 204 valence electrons. The molecule has 0 radical (unpaired) electrons. The molecule has 0 spiro atoms. The zero-order valence-electron chi connectivity index (χ0n) is 21.4. The van der Waals surface area contributed by atoms with Gasteiger partial charge in [0.25, 0.3) is 0 Å². The largest absolute Gasteiger partial charge is 0.480 e. The molecule has 10 heteroatoms. The molecule has 2 heterocycles. The number of pyridine rings is 2. The molecule has 1 unspecified atom stereocenters. The van der Waals surface area contributed by atoms with Crippen LogP contribution < -0.4 is 10.9 Å². The number of hydrogen-bond donors (Lipinski definition) is 2. The van der Waals surface area contributed by atoms with Crippen molar-refractivity contribution in [1.29, 1.82) is 0 Å². The van der Waals surface area contributed by atoms with Crippen LogP contribution in [0.1, 0.15) is 13.0 Å². The molecular formula is C31H20ClIN2O6. The predicted octanol–water partition coefficient (Wildman–Crippen LogP) is 6.28. The maximum Gasteiger partial charge on any atom is 0.326 e. The van der Waals surface area contributed by atoms with E-state index in [-0.39, 0.29) is 15.9 Å². The second kappa shape index (κ2) is 10.0. The Labute approximate surface area is 250 Å². The Kier molecular flexibility index (Phi) is 6.58. The number of hydrogen-bond acceptors (Lipinski definition) is 4. The Balaban J connectivity index is 1.69. The first kappa shape index (κ1) is 27.0. The summed E-state index contributed by atoms with van der Waals surface area (Å²) in [5.74, 6) is -2.15. The van der Waals surface area contributed by atoms with Gasteiger partial charge in [-0.1, -0.05) is 35.9 Å². The van der Waals surface area contributed by atoms with Crippen LogP contribution in [0.3, 0.4) is 0 Å². The van der Waals surface area contributed by atoms with E-state index < -0.39 is 24.5 Å². The van der Waals surface area contributed by atoms with Crippen LogP contribution in [0.2, 0.25) is 5.02 Å². The van der Waals surface area contributed by atoms with Crippen LogP contribution in [0, 0.1) is 3.57 Å². The fraction of sp³-hybridized carbons (Fsp3) is 0.0968. The highest BCUT2D eigenvalue weighted by Crippen LogP contribution is 2.33. The Morgan fingerprint density at radius 1 is 0.805 bits per heavy atom. The molecule has 0 aliphatic rings. The molecule has 41 heavy (non-hydrogen) atoms.